The van der Waals surface area contributed by atoms with Crippen molar-refractivity contribution in [1.82, 2.24) is 10.2 Å². The smallest absolute Gasteiger partial charge is 0.236 e. The molecule has 21 heavy (non-hydrogen) atoms. The van der Waals surface area contributed by atoms with Crippen molar-refractivity contribution < 1.29 is 4.79 Å². The molecule has 1 aliphatic heterocycles. The minimum atomic E-state index is 0.362. The zero-order chi connectivity index (χ0) is 14.2. The summed E-state index contributed by atoms with van der Waals surface area (Å²) in [6.45, 7) is 2.63. The van der Waals surface area contributed by atoms with Gasteiger partial charge in [-0.15, -0.1) is 0 Å². The molecule has 4 aliphatic rings. The molecular formula is C18H30N2O. The van der Waals surface area contributed by atoms with Crippen molar-refractivity contribution in [2.24, 2.45) is 23.7 Å². The van der Waals surface area contributed by atoms with Gasteiger partial charge in [-0.05, 0) is 81.6 Å². The summed E-state index contributed by atoms with van der Waals surface area (Å²) in [6, 6.07) is 0.560. The van der Waals surface area contributed by atoms with Crippen LogP contribution in [0, 0.1) is 23.7 Å². The molecule has 1 heterocycles. The van der Waals surface area contributed by atoms with Crippen molar-refractivity contribution in [1.29, 1.82) is 0 Å². The Balaban J connectivity index is 1.26. The zero-order valence-corrected chi connectivity index (χ0v) is 13.2. The first-order valence-corrected chi connectivity index (χ1v) is 9.30. The fourth-order valence-corrected chi connectivity index (χ4v) is 5.23. The van der Waals surface area contributed by atoms with E-state index in [-0.39, 0.29) is 0 Å². The lowest BCUT2D eigenvalue weighted by molar-refractivity contribution is -0.131. The van der Waals surface area contributed by atoms with Gasteiger partial charge < -0.3 is 10.2 Å². The molecule has 4 fully saturated rings. The lowest BCUT2D eigenvalue weighted by Crippen LogP contribution is -2.42. The van der Waals surface area contributed by atoms with Crippen LogP contribution < -0.4 is 5.32 Å². The number of hydrogen-bond acceptors (Lipinski definition) is 2. The first kappa shape index (κ1) is 14.0. The molecular weight excluding hydrogens is 260 g/mol. The highest BCUT2D eigenvalue weighted by molar-refractivity contribution is 5.78. The van der Waals surface area contributed by atoms with Gasteiger partial charge in [0.2, 0.25) is 5.91 Å². The summed E-state index contributed by atoms with van der Waals surface area (Å²) in [7, 11) is 0. The van der Waals surface area contributed by atoms with Crippen molar-refractivity contribution in [3.8, 4) is 0 Å². The van der Waals surface area contributed by atoms with Gasteiger partial charge in [0, 0.05) is 12.6 Å². The van der Waals surface area contributed by atoms with E-state index in [1.165, 1.54) is 57.8 Å². The summed E-state index contributed by atoms with van der Waals surface area (Å²) in [5, 5.41) is 3.37. The van der Waals surface area contributed by atoms with E-state index in [9.17, 15) is 4.79 Å². The van der Waals surface area contributed by atoms with Crippen molar-refractivity contribution in [2.45, 2.75) is 63.8 Å². The van der Waals surface area contributed by atoms with Gasteiger partial charge >= 0.3 is 0 Å². The zero-order valence-electron chi connectivity index (χ0n) is 13.2. The van der Waals surface area contributed by atoms with Gasteiger partial charge in [-0.1, -0.05) is 6.42 Å². The molecule has 1 N–H and O–H groups in total. The van der Waals surface area contributed by atoms with Crippen molar-refractivity contribution in [2.75, 3.05) is 19.6 Å². The normalized spacial score (nSPS) is 38.4. The Morgan fingerprint density at radius 3 is 2.71 bits per heavy atom. The highest BCUT2D eigenvalue weighted by Gasteiger charge is 2.41. The Bertz CT molecular complexity index is 393. The van der Waals surface area contributed by atoms with E-state index in [0.29, 0.717) is 18.5 Å². The van der Waals surface area contributed by atoms with Crippen molar-refractivity contribution in [3.05, 3.63) is 0 Å². The van der Waals surface area contributed by atoms with Crippen LogP contribution in [0.4, 0.5) is 0 Å². The fraction of sp³-hybridized carbons (Fsp3) is 0.944. The SMILES string of the molecule is O=C(CNCC1CC1)N1CCCC1CC1CC2CCC1C2. The average Bonchev–Trinajstić information content (AvgIpc) is 2.90. The highest BCUT2D eigenvalue weighted by atomic mass is 16.2. The number of carbonyl (C=O) groups excluding carboxylic acids is 1. The van der Waals surface area contributed by atoms with E-state index in [4.69, 9.17) is 0 Å². The quantitative estimate of drug-likeness (QED) is 0.816. The van der Waals surface area contributed by atoms with Crippen LogP contribution in [0.15, 0.2) is 0 Å². The molecule has 3 saturated carbocycles. The van der Waals surface area contributed by atoms with Crippen molar-refractivity contribution >= 4 is 5.91 Å². The number of nitrogens with zero attached hydrogens (tertiary/aromatic N) is 1. The predicted molar refractivity (Wildman–Crippen MR) is 83.9 cm³/mol. The molecule has 4 atom stereocenters. The van der Waals surface area contributed by atoms with Gasteiger partial charge in [0.25, 0.3) is 0 Å². The van der Waals surface area contributed by atoms with Gasteiger partial charge in [-0.2, -0.15) is 0 Å². The molecule has 3 aliphatic carbocycles. The van der Waals surface area contributed by atoms with Gasteiger partial charge in [0.15, 0.2) is 0 Å². The van der Waals surface area contributed by atoms with Crippen molar-refractivity contribution in [3.63, 3.8) is 0 Å². The molecule has 1 saturated heterocycles. The molecule has 3 heteroatoms. The Morgan fingerprint density at radius 2 is 2.00 bits per heavy atom. The van der Waals surface area contributed by atoms with Crippen LogP contribution in [-0.4, -0.2) is 36.5 Å². The largest absolute Gasteiger partial charge is 0.339 e. The Labute approximate surface area is 128 Å². The Kier molecular flexibility index (Phi) is 3.95. The molecule has 4 unspecified atom stereocenters. The van der Waals surface area contributed by atoms with Crippen LogP contribution in [0.5, 0.6) is 0 Å². The van der Waals surface area contributed by atoms with Crippen LogP contribution in [0.3, 0.4) is 0 Å². The minimum absolute atomic E-state index is 0.362. The van der Waals surface area contributed by atoms with E-state index < -0.39 is 0 Å². The second kappa shape index (κ2) is 5.91. The number of carbonyl (C=O) groups is 1. The van der Waals surface area contributed by atoms with Gasteiger partial charge in [0.05, 0.1) is 6.54 Å². The second-order valence-corrected chi connectivity index (χ2v) is 8.13. The van der Waals surface area contributed by atoms with Gasteiger partial charge in [-0.3, -0.25) is 4.79 Å². The predicted octanol–water partition coefficient (Wildman–Crippen LogP) is 2.80. The molecule has 0 radical (unpaired) electrons. The third kappa shape index (κ3) is 3.13. The maximum Gasteiger partial charge on any atom is 0.236 e. The monoisotopic (exact) mass is 290 g/mol. The summed E-state index contributed by atoms with van der Waals surface area (Å²) >= 11 is 0. The van der Waals surface area contributed by atoms with E-state index >= 15 is 0 Å². The maximum absolute atomic E-state index is 12.5. The lowest BCUT2D eigenvalue weighted by atomic mass is 9.83. The van der Waals surface area contributed by atoms with Crippen LogP contribution in [0.25, 0.3) is 0 Å². The number of nitrogens with one attached hydrogen (secondary N) is 1. The van der Waals surface area contributed by atoms with E-state index in [2.05, 4.69) is 10.2 Å². The van der Waals surface area contributed by atoms with Crippen LogP contribution in [0.2, 0.25) is 0 Å². The molecule has 0 aromatic carbocycles. The standard InChI is InChI=1S/C18H30N2O/c21-18(12-19-11-13-3-4-13)20-7-1-2-17(20)10-16-9-14-5-6-15(16)8-14/h13-17,19H,1-12H2. The third-order valence-corrected chi connectivity index (χ3v) is 6.56. The fourth-order valence-electron chi connectivity index (χ4n) is 5.23. The third-order valence-electron chi connectivity index (χ3n) is 6.56. The Morgan fingerprint density at radius 1 is 1.10 bits per heavy atom. The minimum Gasteiger partial charge on any atom is -0.339 e. The molecule has 2 bridgehead atoms. The van der Waals surface area contributed by atoms with E-state index in [0.717, 1.165) is 36.8 Å². The first-order chi connectivity index (χ1) is 10.3. The summed E-state index contributed by atoms with van der Waals surface area (Å²) in [5.74, 6) is 4.19. The highest BCUT2D eigenvalue weighted by Crippen LogP contribution is 2.50. The topological polar surface area (TPSA) is 32.3 Å². The summed E-state index contributed by atoms with van der Waals surface area (Å²) in [5.41, 5.74) is 0. The maximum atomic E-state index is 12.5. The van der Waals surface area contributed by atoms with E-state index in [1.54, 1.807) is 0 Å². The van der Waals surface area contributed by atoms with Crippen LogP contribution in [0.1, 0.15) is 57.8 Å². The summed E-state index contributed by atoms with van der Waals surface area (Å²) in [4.78, 5) is 14.7. The molecule has 118 valence electrons. The van der Waals surface area contributed by atoms with E-state index in [1.807, 2.05) is 0 Å². The molecule has 1 amide bonds. The number of rotatable bonds is 6. The summed E-state index contributed by atoms with van der Waals surface area (Å²) < 4.78 is 0. The first-order valence-electron chi connectivity index (χ1n) is 9.30. The number of fused-ring (bicyclic) bond motifs is 2. The molecule has 0 aromatic heterocycles. The summed E-state index contributed by atoms with van der Waals surface area (Å²) in [6.07, 6.45) is 12.4. The number of amides is 1. The average molecular weight is 290 g/mol. The van der Waals surface area contributed by atoms with Gasteiger partial charge in [-0.25, -0.2) is 0 Å². The molecule has 4 rings (SSSR count). The lowest BCUT2D eigenvalue weighted by Gasteiger charge is -2.30. The van der Waals surface area contributed by atoms with Crippen LogP contribution in [-0.2, 0) is 4.79 Å². The second-order valence-electron chi connectivity index (χ2n) is 8.13. The molecule has 0 spiro atoms. The van der Waals surface area contributed by atoms with Gasteiger partial charge in [0.1, 0.15) is 0 Å². The Hall–Kier alpha value is -0.570. The number of likely N-dealkylation sites (tertiary alicyclic amines) is 1. The number of hydrogen-bond donors (Lipinski definition) is 1. The molecule has 3 nitrogen and oxygen atoms in total. The van der Waals surface area contributed by atoms with Crippen LogP contribution >= 0.6 is 0 Å². The molecule has 0 aromatic rings.